The van der Waals surface area contributed by atoms with Gasteiger partial charge in [-0.1, -0.05) is 12.8 Å². The normalized spacial score (nSPS) is 16.4. The Kier molecular flexibility index (Phi) is 4.76. The maximum atomic E-state index is 12.2. The first-order chi connectivity index (χ1) is 11.1. The molecule has 1 aromatic carbocycles. The molecule has 5 heteroatoms. The number of hydrogen-bond acceptors (Lipinski definition) is 3. The van der Waals surface area contributed by atoms with Gasteiger partial charge < -0.3 is 10.4 Å². The molecule has 0 saturated heterocycles. The molecule has 3 rings (SSSR count). The molecule has 0 radical (unpaired) electrons. The Morgan fingerprint density at radius 2 is 2.04 bits per heavy atom. The second-order valence-corrected chi connectivity index (χ2v) is 6.33. The van der Waals surface area contributed by atoms with Gasteiger partial charge in [0.25, 0.3) is 5.91 Å². The molecule has 2 N–H and O–H groups in total. The summed E-state index contributed by atoms with van der Waals surface area (Å²) in [5.74, 6) is 0.186. The van der Waals surface area contributed by atoms with Gasteiger partial charge in [0.1, 0.15) is 0 Å². The fourth-order valence-electron chi connectivity index (χ4n) is 3.13. The zero-order valence-corrected chi connectivity index (χ0v) is 13.4. The molecule has 1 aliphatic rings. The van der Waals surface area contributed by atoms with Crippen molar-refractivity contribution in [2.45, 2.75) is 38.7 Å². The van der Waals surface area contributed by atoms with Crippen LogP contribution in [0.4, 0.5) is 0 Å². The average Bonchev–Trinajstić information content (AvgIpc) is 3.24. The Morgan fingerprint density at radius 1 is 1.35 bits per heavy atom. The monoisotopic (exact) mass is 313 g/mol. The lowest BCUT2D eigenvalue weighted by Gasteiger charge is -2.18. The molecular weight excluding hydrogens is 290 g/mol. The van der Waals surface area contributed by atoms with Crippen molar-refractivity contribution in [2.75, 3.05) is 6.54 Å². The lowest BCUT2D eigenvalue weighted by Crippen LogP contribution is -2.35. The van der Waals surface area contributed by atoms with Crippen molar-refractivity contribution in [1.82, 2.24) is 15.1 Å². The topological polar surface area (TPSA) is 67.2 Å². The lowest BCUT2D eigenvalue weighted by atomic mass is 10.0. The first-order valence-corrected chi connectivity index (χ1v) is 8.21. The molecule has 1 aliphatic carbocycles. The molecule has 2 aromatic rings. The van der Waals surface area contributed by atoms with Gasteiger partial charge in [-0.05, 0) is 55.5 Å². The third-order valence-electron chi connectivity index (χ3n) is 4.52. The highest BCUT2D eigenvalue weighted by Crippen LogP contribution is 2.27. The molecule has 0 bridgehead atoms. The first kappa shape index (κ1) is 15.7. The summed E-state index contributed by atoms with van der Waals surface area (Å²) in [7, 11) is 0. The first-order valence-electron chi connectivity index (χ1n) is 8.21. The van der Waals surface area contributed by atoms with E-state index in [1.54, 1.807) is 23.0 Å². The Hall–Kier alpha value is -2.14. The predicted molar refractivity (Wildman–Crippen MR) is 88.6 cm³/mol. The Balaban J connectivity index is 1.57. The SMILES string of the molecule is Cc1cnn(-c2ccc(C(=O)NCC(O)C3CCCC3)cc2)c1. The van der Waals surface area contributed by atoms with Gasteiger partial charge in [0.2, 0.25) is 0 Å². The number of nitrogens with zero attached hydrogens (tertiary/aromatic N) is 2. The number of aliphatic hydroxyl groups is 1. The van der Waals surface area contributed by atoms with Crippen LogP contribution in [0.15, 0.2) is 36.7 Å². The van der Waals surface area contributed by atoms with E-state index in [0.29, 0.717) is 18.0 Å². The molecule has 1 saturated carbocycles. The number of hydrogen-bond donors (Lipinski definition) is 2. The van der Waals surface area contributed by atoms with Gasteiger partial charge >= 0.3 is 0 Å². The van der Waals surface area contributed by atoms with Crippen LogP contribution in [0.25, 0.3) is 5.69 Å². The van der Waals surface area contributed by atoms with E-state index in [-0.39, 0.29) is 5.91 Å². The van der Waals surface area contributed by atoms with E-state index in [1.165, 1.54) is 12.8 Å². The van der Waals surface area contributed by atoms with E-state index in [0.717, 1.165) is 24.1 Å². The fraction of sp³-hybridized carbons (Fsp3) is 0.444. The van der Waals surface area contributed by atoms with Gasteiger partial charge in [-0.3, -0.25) is 4.79 Å². The van der Waals surface area contributed by atoms with Crippen LogP contribution >= 0.6 is 0 Å². The molecule has 1 atom stereocenters. The van der Waals surface area contributed by atoms with E-state index >= 15 is 0 Å². The molecule has 5 nitrogen and oxygen atoms in total. The van der Waals surface area contributed by atoms with Crippen molar-refractivity contribution < 1.29 is 9.90 Å². The van der Waals surface area contributed by atoms with Crippen molar-refractivity contribution in [3.63, 3.8) is 0 Å². The van der Waals surface area contributed by atoms with Crippen molar-refractivity contribution >= 4 is 5.91 Å². The minimum atomic E-state index is -0.437. The van der Waals surface area contributed by atoms with Crippen LogP contribution in [0, 0.1) is 12.8 Å². The third-order valence-corrected chi connectivity index (χ3v) is 4.52. The Labute approximate surface area is 136 Å². The number of amides is 1. The van der Waals surface area contributed by atoms with Gasteiger partial charge in [0.05, 0.1) is 18.0 Å². The minimum Gasteiger partial charge on any atom is -0.391 e. The predicted octanol–water partition coefficient (Wildman–Crippen LogP) is 2.46. The second kappa shape index (κ2) is 6.96. The zero-order valence-electron chi connectivity index (χ0n) is 13.4. The number of carbonyl (C=O) groups is 1. The lowest BCUT2D eigenvalue weighted by molar-refractivity contribution is 0.0840. The largest absolute Gasteiger partial charge is 0.391 e. The van der Waals surface area contributed by atoms with Crippen molar-refractivity contribution in [2.24, 2.45) is 5.92 Å². The Bertz CT molecular complexity index is 657. The number of aryl methyl sites for hydroxylation is 1. The highest BCUT2D eigenvalue weighted by molar-refractivity contribution is 5.94. The number of aromatic nitrogens is 2. The van der Waals surface area contributed by atoms with E-state index in [9.17, 15) is 9.90 Å². The van der Waals surface area contributed by atoms with Crippen LogP contribution in [0.1, 0.15) is 41.6 Å². The zero-order chi connectivity index (χ0) is 16.2. The average molecular weight is 313 g/mol. The molecule has 1 amide bonds. The number of benzene rings is 1. The van der Waals surface area contributed by atoms with Gasteiger partial charge in [-0.25, -0.2) is 4.68 Å². The van der Waals surface area contributed by atoms with Crippen LogP contribution in [0.5, 0.6) is 0 Å². The molecule has 1 fully saturated rings. The van der Waals surface area contributed by atoms with E-state index < -0.39 is 6.10 Å². The molecule has 1 unspecified atom stereocenters. The smallest absolute Gasteiger partial charge is 0.251 e. The summed E-state index contributed by atoms with van der Waals surface area (Å²) < 4.78 is 1.78. The summed E-state index contributed by atoms with van der Waals surface area (Å²) in [4.78, 5) is 12.2. The van der Waals surface area contributed by atoms with Gasteiger partial charge in [-0.2, -0.15) is 5.10 Å². The number of aliphatic hydroxyl groups excluding tert-OH is 1. The highest BCUT2D eigenvalue weighted by Gasteiger charge is 2.23. The van der Waals surface area contributed by atoms with Crippen molar-refractivity contribution in [3.8, 4) is 5.69 Å². The summed E-state index contributed by atoms with van der Waals surface area (Å²) in [6.07, 6.45) is 7.80. The van der Waals surface area contributed by atoms with Crippen molar-refractivity contribution in [1.29, 1.82) is 0 Å². The quantitative estimate of drug-likeness (QED) is 0.891. The molecule has 1 aromatic heterocycles. The van der Waals surface area contributed by atoms with Crippen LogP contribution < -0.4 is 5.32 Å². The summed E-state index contributed by atoms with van der Waals surface area (Å²) in [6.45, 7) is 2.31. The maximum Gasteiger partial charge on any atom is 0.251 e. The minimum absolute atomic E-state index is 0.148. The van der Waals surface area contributed by atoms with Crippen LogP contribution in [-0.2, 0) is 0 Å². The summed E-state index contributed by atoms with van der Waals surface area (Å²) in [5.41, 5.74) is 2.60. The summed E-state index contributed by atoms with van der Waals surface area (Å²) in [6, 6.07) is 7.30. The molecule has 1 heterocycles. The molecular formula is C18H23N3O2. The molecule has 122 valence electrons. The second-order valence-electron chi connectivity index (χ2n) is 6.33. The van der Waals surface area contributed by atoms with Gasteiger partial charge in [0.15, 0.2) is 0 Å². The summed E-state index contributed by atoms with van der Waals surface area (Å²) >= 11 is 0. The molecule has 0 aliphatic heterocycles. The van der Waals surface area contributed by atoms with E-state index in [2.05, 4.69) is 10.4 Å². The van der Waals surface area contributed by atoms with E-state index in [1.807, 2.05) is 25.3 Å². The Morgan fingerprint density at radius 3 is 2.65 bits per heavy atom. The molecule has 0 spiro atoms. The third kappa shape index (κ3) is 3.79. The van der Waals surface area contributed by atoms with E-state index in [4.69, 9.17) is 0 Å². The number of rotatable bonds is 5. The summed E-state index contributed by atoms with van der Waals surface area (Å²) in [5, 5.41) is 17.2. The maximum absolute atomic E-state index is 12.2. The van der Waals surface area contributed by atoms with Gasteiger partial charge in [0, 0.05) is 18.3 Å². The fourth-order valence-corrected chi connectivity index (χ4v) is 3.13. The van der Waals surface area contributed by atoms with Crippen LogP contribution in [0.2, 0.25) is 0 Å². The van der Waals surface area contributed by atoms with Gasteiger partial charge in [-0.15, -0.1) is 0 Å². The van der Waals surface area contributed by atoms with Crippen LogP contribution in [-0.4, -0.2) is 33.4 Å². The molecule has 23 heavy (non-hydrogen) atoms. The van der Waals surface area contributed by atoms with Crippen molar-refractivity contribution in [3.05, 3.63) is 47.8 Å². The highest BCUT2D eigenvalue weighted by atomic mass is 16.3. The number of carbonyl (C=O) groups excluding carboxylic acids is 1. The standard InChI is InChI=1S/C18H23N3O2/c1-13-10-20-21(12-13)16-8-6-15(7-9-16)18(23)19-11-17(22)14-4-2-3-5-14/h6-10,12,14,17,22H,2-5,11H2,1H3,(H,19,23). The van der Waals surface area contributed by atoms with Crippen LogP contribution in [0.3, 0.4) is 0 Å². The number of nitrogens with one attached hydrogen (secondary N) is 1.